The molecule has 2 aromatic carbocycles. The van der Waals surface area contributed by atoms with Crippen molar-refractivity contribution >= 4 is 17.0 Å². The molecular weight excluding hydrogens is 328 g/mol. The van der Waals surface area contributed by atoms with Crippen LogP contribution in [0.2, 0.25) is 0 Å². The summed E-state index contributed by atoms with van der Waals surface area (Å²) in [4.78, 5) is 12.7. The van der Waals surface area contributed by atoms with E-state index < -0.39 is 0 Å². The molecule has 3 aromatic rings. The third-order valence-electron chi connectivity index (χ3n) is 3.98. The van der Waals surface area contributed by atoms with Crippen molar-refractivity contribution in [2.45, 2.75) is 13.8 Å². The number of ketones is 1. The number of nitrogens with one attached hydrogen (secondary N) is 2. The number of anilines is 1. The molecule has 0 radical (unpaired) electrons. The van der Waals surface area contributed by atoms with Gasteiger partial charge < -0.3 is 5.32 Å². The van der Waals surface area contributed by atoms with Gasteiger partial charge in [-0.05, 0) is 48.4 Å². The van der Waals surface area contributed by atoms with E-state index in [0.717, 1.165) is 11.1 Å². The first-order valence-corrected chi connectivity index (χ1v) is 7.91. The molecule has 1 heterocycles. The molecule has 128 valence electrons. The van der Waals surface area contributed by atoms with E-state index in [1.165, 1.54) is 6.20 Å². The molecule has 0 fully saturated rings. The van der Waals surface area contributed by atoms with E-state index in [2.05, 4.69) is 25.9 Å². The maximum atomic E-state index is 12.7. The van der Waals surface area contributed by atoms with Crippen LogP contribution in [0.25, 0.3) is 5.57 Å². The van der Waals surface area contributed by atoms with Crippen LogP contribution < -0.4 is 5.32 Å². The first kappa shape index (κ1) is 17.0. The summed E-state index contributed by atoms with van der Waals surface area (Å²) in [6, 6.07) is 14.7. The Morgan fingerprint density at radius 2 is 1.96 bits per heavy atom. The largest absolute Gasteiger partial charge is 0.360 e. The molecule has 26 heavy (non-hydrogen) atoms. The second-order valence-corrected chi connectivity index (χ2v) is 5.76. The normalized spacial score (nSPS) is 11.0. The number of carbonyl (C=O) groups excluding carboxylic acids is 1. The first-order valence-electron chi connectivity index (χ1n) is 7.91. The summed E-state index contributed by atoms with van der Waals surface area (Å²) in [7, 11) is 0. The number of nitriles is 1. The van der Waals surface area contributed by atoms with Crippen molar-refractivity contribution in [3.05, 3.63) is 76.7 Å². The number of hydrogen-bond donors (Lipinski definition) is 2. The second kappa shape index (κ2) is 7.40. The lowest BCUT2D eigenvalue weighted by Gasteiger charge is -2.07. The number of carbonyl (C=O) groups is 1. The number of benzene rings is 2. The Morgan fingerprint density at radius 3 is 2.65 bits per heavy atom. The van der Waals surface area contributed by atoms with Gasteiger partial charge in [0, 0.05) is 23.0 Å². The predicted molar refractivity (Wildman–Crippen MR) is 97.2 cm³/mol. The van der Waals surface area contributed by atoms with E-state index >= 15 is 0 Å². The molecule has 0 amide bonds. The molecule has 0 aliphatic carbocycles. The minimum Gasteiger partial charge on any atom is -0.360 e. The van der Waals surface area contributed by atoms with Crippen LogP contribution in [0.5, 0.6) is 0 Å². The number of aromatic amines is 1. The Kier molecular flexibility index (Phi) is 4.85. The zero-order valence-corrected chi connectivity index (χ0v) is 14.3. The van der Waals surface area contributed by atoms with E-state index in [1.807, 2.05) is 38.1 Å². The number of aromatic nitrogens is 4. The molecule has 7 heteroatoms. The summed E-state index contributed by atoms with van der Waals surface area (Å²) < 4.78 is 0. The van der Waals surface area contributed by atoms with Gasteiger partial charge in [-0.2, -0.15) is 10.5 Å². The van der Waals surface area contributed by atoms with E-state index in [0.29, 0.717) is 16.8 Å². The Labute approximate surface area is 150 Å². The van der Waals surface area contributed by atoms with Gasteiger partial charge in [-0.15, -0.1) is 10.2 Å². The molecule has 2 N–H and O–H groups in total. The Morgan fingerprint density at radius 1 is 1.15 bits per heavy atom. The lowest BCUT2D eigenvalue weighted by atomic mass is 9.99. The number of H-pyrrole nitrogens is 1. The fourth-order valence-corrected chi connectivity index (χ4v) is 2.38. The predicted octanol–water partition coefficient (Wildman–Crippen LogP) is 3.02. The fourth-order valence-electron chi connectivity index (χ4n) is 2.38. The molecule has 1 aromatic heterocycles. The maximum absolute atomic E-state index is 12.7. The van der Waals surface area contributed by atoms with Crippen LogP contribution >= 0.6 is 0 Å². The van der Waals surface area contributed by atoms with Crippen molar-refractivity contribution in [1.29, 1.82) is 5.26 Å². The van der Waals surface area contributed by atoms with E-state index in [1.54, 1.807) is 24.3 Å². The van der Waals surface area contributed by atoms with Crippen LogP contribution in [0.3, 0.4) is 0 Å². The van der Waals surface area contributed by atoms with Gasteiger partial charge in [-0.3, -0.25) is 4.79 Å². The van der Waals surface area contributed by atoms with Gasteiger partial charge in [0.2, 0.25) is 5.82 Å². The summed E-state index contributed by atoms with van der Waals surface area (Å²) in [5.74, 6) is 0.141. The average molecular weight is 344 g/mol. The molecule has 0 spiro atoms. The number of nitrogens with zero attached hydrogens (tertiary/aromatic N) is 4. The lowest BCUT2D eigenvalue weighted by molar-refractivity contribution is 0.103. The molecule has 0 atom stereocenters. The van der Waals surface area contributed by atoms with Crippen LogP contribution in [0, 0.1) is 25.2 Å². The van der Waals surface area contributed by atoms with Gasteiger partial charge >= 0.3 is 0 Å². The molecule has 0 saturated carbocycles. The first-order chi connectivity index (χ1) is 12.6. The lowest BCUT2D eigenvalue weighted by Crippen LogP contribution is -2.03. The second-order valence-electron chi connectivity index (χ2n) is 5.76. The van der Waals surface area contributed by atoms with Crippen LogP contribution in [0.1, 0.15) is 32.9 Å². The summed E-state index contributed by atoms with van der Waals surface area (Å²) in [5, 5.41) is 25.4. The number of aryl methyl sites for hydroxylation is 2. The van der Waals surface area contributed by atoms with Crippen molar-refractivity contribution in [2.75, 3.05) is 5.32 Å². The molecule has 7 nitrogen and oxygen atoms in total. The smallest absolute Gasteiger partial charge is 0.216 e. The Balaban J connectivity index is 1.83. The van der Waals surface area contributed by atoms with Crippen molar-refractivity contribution in [3.8, 4) is 6.07 Å². The van der Waals surface area contributed by atoms with Gasteiger partial charge in [0.1, 0.15) is 11.6 Å². The van der Waals surface area contributed by atoms with Crippen molar-refractivity contribution in [1.82, 2.24) is 20.6 Å². The quantitative estimate of drug-likeness (QED) is 0.544. The van der Waals surface area contributed by atoms with Crippen LogP contribution in [-0.2, 0) is 0 Å². The van der Waals surface area contributed by atoms with Gasteiger partial charge in [0.05, 0.1) is 0 Å². The van der Waals surface area contributed by atoms with Gasteiger partial charge in [-0.1, -0.05) is 24.3 Å². The highest BCUT2D eigenvalue weighted by molar-refractivity contribution is 6.09. The monoisotopic (exact) mass is 344 g/mol. The molecular formula is C19H16N6O. The summed E-state index contributed by atoms with van der Waals surface area (Å²) in [6.45, 7) is 3.99. The topological polar surface area (TPSA) is 107 Å². The summed E-state index contributed by atoms with van der Waals surface area (Å²) in [6.07, 6.45) is 1.48. The highest BCUT2D eigenvalue weighted by Gasteiger charge is 2.11. The number of hydrogen-bond acceptors (Lipinski definition) is 6. The highest BCUT2D eigenvalue weighted by atomic mass is 16.1. The van der Waals surface area contributed by atoms with Gasteiger partial charge in [0.25, 0.3) is 0 Å². The van der Waals surface area contributed by atoms with Crippen molar-refractivity contribution in [3.63, 3.8) is 0 Å². The van der Waals surface area contributed by atoms with Crippen LogP contribution in [-0.4, -0.2) is 26.4 Å². The van der Waals surface area contributed by atoms with Gasteiger partial charge in [0.15, 0.2) is 5.78 Å². The van der Waals surface area contributed by atoms with Gasteiger partial charge in [-0.25, -0.2) is 0 Å². The molecule has 0 saturated heterocycles. The zero-order valence-electron chi connectivity index (χ0n) is 14.3. The Hall–Kier alpha value is -3.79. The van der Waals surface area contributed by atoms with E-state index in [9.17, 15) is 10.1 Å². The fraction of sp³-hybridized carbons (Fsp3) is 0.105. The third-order valence-corrected chi connectivity index (χ3v) is 3.98. The number of tetrazole rings is 1. The molecule has 0 bridgehead atoms. The van der Waals surface area contributed by atoms with Crippen LogP contribution in [0.15, 0.2) is 48.7 Å². The molecule has 3 rings (SSSR count). The number of allylic oxidation sites excluding steroid dienone is 1. The van der Waals surface area contributed by atoms with Crippen molar-refractivity contribution in [2.24, 2.45) is 0 Å². The third kappa shape index (κ3) is 3.65. The average Bonchev–Trinajstić information content (AvgIpc) is 3.19. The van der Waals surface area contributed by atoms with E-state index in [4.69, 9.17) is 0 Å². The zero-order chi connectivity index (χ0) is 18.5. The molecule has 0 unspecified atom stereocenters. The van der Waals surface area contributed by atoms with Crippen LogP contribution in [0.4, 0.5) is 5.69 Å². The Bertz CT molecular complexity index is 1010. The minimum atomic E-state index is -0.0561. The molecule has 0 aliphatic heterocycles. The standard InChI is InChI=1S/C19H16N6O/c1-12-6-7-15(8-13(12)2)18(26)14-4-3-5-17(9-14)21-11-16(10-20)19-22-24-25-23-19/h3-9,11,21H,1-2H3,(H,22,23,24,25). The highest BCUT2D eigenvalue weighted by Crippen LogP contribution is 2.18. The minimum absolute atomic E-state index is 0.0561. The summed E-state index contributed by atoms with van der Waals surface area (Å²) in [5.41, 5.74) is 4.33. The number of rotatable bonds is 5. The SMILES string of the molecule is Cc1ccc(C(=O)c2cccc(NC=C(C#N)c3nn[nH]n3)c2)cc1C. The van der Waals surface area contributed by atoms with Crippen molar-refractivity contribution < 1.29 is 4.79 Å². The molecule has 0 aliphatic rings. The van der Waals surface area contributed by atoms with E-state index in [-0.39, 0.29) is 17.2 Å². The maximum Gasteiger partial charge on any atom is 0.216 e. The summed E-state index contributed by atoms with van der Waals surface area (Å²) >= 11 is 0.